The molecule has 1 fully saturated rings. The molecule has 1 aliphatic rings. The fourth-order valence-corrected chi connectivity index (χ4v) is 2.11. The molecule has 0 aromatic rings. The second kappa shape index (κ2) is 8.12. The van der Waals surface area contributed by atoms with Crippen molar-refractivity contribution >= 4 is 0 Å². The highest BCUT2D eigenvalue weighted by Gasteiger charge is 2.18. The summed E-state index contributed by atoms with van der Waals surface area (Å²) in [6.45, 7) is 4.90. The van der Waals surface area contributed by atoms with E-state index in [4.69, 9.17) is 9.47 Å². The lowest BCUT2D eigenvalue weighted by Gasteiger charge is -2.27. The minimum Gasteiger partial charge on any atom is -0.352 e. The summed E-state index contributed by atoms with van der Waals surface area (Å²) in [5.74, 6) is 0. The Bertz CT molecular complexity index is 147. The van der Waals surface area contributed by atoms with Gasteiger partial charge in [-0.1, -0.05) is 45.4 Å². The van der Waals surface area contributed by atoms with Gasteiger partial charge >= 0.3 is 0 Å². The second-order valence-corrected chi connectivity index (χ2v) is 4.68. The summed E-state index contributed by atoms with van der Waals surface area (Å²) < 4.78 is 10.9. The van der Waals surface area contributed by atoms with Gasteiger partial charge in [0, 0.05) is 0 Å². The van der Waals surface area contributed by atoms with Crippen LogP contribution in [-0.2, 0) is 9.47 Å². The Kier molecular flexibility index (Phi) is 7.03. The third-order valence-electron chi connectivity index (χ3n) is 3.13. The fraction of sp³-hybridized carbons (Fsp3) is 1.00. The van der Waals surface area contributed by atoms with Gasteiger partial charge in [-0.15, -0.1) is 0 Å². The molecular formula is C13H26O2. The highest BCUT2D eigenvalue weighted by atomic mass is 16.7. The maximum atomic E-state index is 5.55. The number of rotatable bonds is 7. The Morgan fingerprint density at radius 3 is 2.47 bits per heavy atom. The predicted octanol–water partition coefficient (Wildman–Crippen LogP) is 3.89. The van der Waals surface area contributed by atoms with E-state index in [1.807, 2.05) is 0 Å². The van der Waals surface area contributed by atoms with Crippen molar-refractivity contribution in [2.45, 2.75) is 77.4 Å². The minimum atomic E-state index is 0.392. The molecule has 0 amide bonds. The van der Waals surface area contributed by atoms with Gasteiger partial charge in [0.2, 0.25) is 0 Å². The SMILES string of the molecule is CCCCCCCC[C@H]1C[C@@H](C)OCO1. The zero-order chi connectivity index (χ0) is 10.9. The van der Waals surface area contributed by atoms with Crippen molar-refractivity contribution in [3.63, 3.8) is 0 Å². The quantitative estimate of drug-likeness (QED) is 0.599. The maximum absolute atomic E-state index is 5.55. The average molecular weight is 214 g/mol. The van der Waals surface area contributed by atoms with E-state index in [2.05, 4.69) is 13.8 Å². The molecule has 0 unspecified atom stereocenters. The standard InChI is InChI=1S/C13H26O2/c1-3-4-5-6-7-8-9-13-10-12(2)14-11-15-13/h12-13H,3-11H2,1-2H3/t12-,13+/m1/s1. The summed E-state index contributed by atoms with van der Waals surface area (Å²) >= 11 is 0. The van der Waals surface area contributed by atoms with Gasteiger partial charge in [-0.3, -0.25) is 0 Å². The van der Waals surface area contributed by atoms with Gasteiger partial charge in [-0.2, -0.15) is 0 Å². The van der Waals surface area contributed by atoms with Gasteiger partial charge in [-0.05, 0) is 19.8 Å². The molecule has 1 heterocycles. The van der Waals surface area contributed by atoms with Crippen LogP contribution in [0.4, 0.5) is 0 Å². The molecule has 0 radical (unpaired) electrons. The number of ether oxygens (including phenoxy) is 2. The van der Waals surface area contributed by atoms with E-state index < -0.39 is 0 Å². The predicted molar refractivity (Wildman–Crippen MR) is 62.9 cm³/mol. The Hall–Kier alpha value is -0.0800. The van der Waals surface area contributed by atoms with Gasteiger partial charge in [0.1, 0.15) is 6.79 Å². The first-order valence-electron chi connectivity index (χ1n) is 6.56. The van der Waals surface area contributed by atoms with Crippen LogP contribution in [-0.4, -0.2) is 19.0 Å². The molecule has 1 rings (SSSR count). The molecule has 2 atom stereocenters. The van der Waals surface area contributed by atoms with Crippen molar-refractivity contribution in [3.8, 4) is 0 Å². The Balaban J connectivity index is 1.90. The van der Waals surface area contributed by atoms with Gasteiger partial charge in [0.05, 0.1) is 12.2 Å². The van der Waals surface area contributed by atoms with Crippen LogP contribution in [0.25, 0.3) is 0 Å². The number of unbranched alkanes of at least 4 members (excludes halogenated alkanes) is 5. The van der Waals surface area contributed by atoms with Crippen LogP contribution < -0.4 is 0 Å². The summed E-state index contributed by atoms with van der Waals surface area (Å²) in [6, 6.07) is 0. The van der Waals surface area contributed by atoms with E-state index in [9.17, 15) is 0 Å². The second-order valence-electron chi connectivity index (χ2n) is 4.68. The number of hydrogen-bond acceptors (Lipinski definition) is 2. The monoisotopic (exact) mass is 214 g/mol. The zero-order valence-corrected chi connectivity index (χ0v) is 10.3. The molecule has 1 aliphatic heterocycles. The van der Waals surface area contributed by atoms with Crippen molar-refractivity contribution in [2.24, 2.45) is 0 Å². The highest BCUT2D eigenvalue weighted by Crippen LogP contribution is 2.18. The lowest BCUT2D eigenvalue weighted by atomic mass is 10.0. The summed E-state index contributed by atoms with van der Waals surface area (Å²) in [6.07, 6.45) is 11.4. The molecule has 1 saturated heterocycles. The van der Waals surface area contributed by atoms with E-state index in [0.717, 1.165) is 6.42 Å². The van der Waals surface area contributed by atoms with Crippen molar-refractivity contribution in [1.82, 2.24) is 0 Å². The van der Waals surface area contributed by atoms with Crippen molar-refractivity contribution < 1.29 is 9.47 Å². The van der Waals surface area contributed by atoms with Gasteiger partial charge in [0.25, 0.3) is 0 Å². The smallest absolute Gasteiger partial charge is 0.147 e. The van der Waals surface area contributed by atoms with Gasteiger partial charge < -0.3 is 9.47 Å². The van der Waals surface area contributed by atoms with E-state index in [1.165, 1.54) is 44.9 Å². The molecule has 15 heavy (non-hydrogen) atoms. The molecule has 2 nitrogen and oxygen atoms in total. The molecule has 90 valence electrons. The van der Waals surface area contributed by atoms with Crippen LogP contribution >= 0.6 is 0 Å². The van der Waals surface area contributed by atoms with Gasteiger partial charge in [0.15, 0.2) is 0 Å². The van der Waals surface area contributed by atoms with E-state index in [-0.39, 0.29) is 0 Å². The largest absolute Gasteiger partial charge is 0.352 e. The van der Waals surface area contributed by atoms with E-state index in [1.54, 1.807) is 0 Å². The first-order chi connectivity index (χ1) is 7.33. The summed E-state index contributed by atoms with van der Waals surface area (Å²) in [5, 5.41) is 0. The Morgan fingerprint density at radius 2 is 1.73 bits per heavy atom. The van der Waals surface area contributed by atoms with Crippen molar-refractivity contribution in [3.05, 3.63) is 0 Å². The molecule has 0 aromatic carbocycles. The third-order valence-corrected chi connectivity index (χ3v) is 3.13. The minimum absolute atomic E-state index is 0.392. The first-order valence-corrected chi connectivity index (χ1v) is 6.56. The van der Waals surface area contributed by atoms with Crippen LogP contribution in [0.15, 0.2) is 0 Å². The van der Waals surface area contributed by atoms with E-state index >= 15 is 0 Å². The number of hydrogen-bond donors (Lipinski definition) is 0. The first kappa shape index (κ1) is 13.0. The van der Waals surface area contributed by atoms with Crippen LogP contribution in [0, 0.1) is 0 Å². The van der Waals surface area contributed by atoms with Crippen LogP contribution in [0.5, 0.6) is 0 Å². The highest BCUT2D eigenvalue weighted by molar-refractivity contribution is 4.66. The Labute approximate surface area is 94.3 Å². The fourth-order valence-electron chi connectivity index (χ4n) is 2.11. The topological polar surface area (TPSA) is 18.5 Å². The molecule has 0 aromatic heterocycles. The summed E-state index contributed by atoms with van der Waals surface area (Å²) in [5.41, 5.74) is 0. The molecule has 0 aliphatic carbocycles. The molecule has 2 heteroatoms. The molecule has 0 bridgehead atoms. The van der Waals surface area contributed by atoms with Gasteiger partial charge in [-0.25, -0.2) is 0 Å². The Morgan fingerprint density at radius 1 is 1.00 bits per heavy atom. The third kappa shape index (κ3) is 6.16. The zero-order valence-electron chi connectivity index (χ0n) is 10.3. The average Bonchev–Trinajstić information content (AvgIpc) is 2.23. The summed E-state index contributed by atoms with van der Waals surface area (Å²) in [4.78, 5) is 0. The van der Waals surface area contributed by atoms with E-state index in [0.29, 0.717) is 19.0 Å². The lowest BCUT2D eigenvalue weighted by Crippen LogP contribution is -2.29. The molecule has 0 saturated carbocycles. The normalized spacial score (nSPS) is 26.8. The summed E-state index contributed by atoms with van der Waals surface area (Å²) in [7, 11) is 0. The molecule has 0 spiro atoms. The van der Waals surface area contributed by atoms with Crippen LogP contribution in [0.1, 0.15) is 65.2 Å². The van der Waals surface area contributed by atoms with Crippen LogP contribution in [0.3, 0.4) is 0 Å². The molecular weight excluding hydrogens is 188 g/mol. The van der Waals surface area contributed by atoms with Crippen LogP contribution in [0.2, 0.25) is 0 Å². The van der Waals surface area contributed by atoms with Crippen molar-refractivity contribution in [2.75, 3.05) is 6.79 Å². The lowest BCUT2D eigenvalue weighted by molar-refractivity contribution is -0.171. The van der Waals surface area contributed by atoms with Crippen molar-refractivity contribution in [1.29, 1.82) is 0 Å². The molecule has 0 N–H and O–H groups in total. The maximum Gasteiger partial charge on any atom is 0.147 e.